The fraction of sp³-hybridized carbons (Fsp3) is 0.533. The van der Waals surface area contributed by atoms with Crippen molar-refractivity contribution in [2.24, 2.45) is 5.41 Å². The molecule has 18 heavy (non-hydrogen) atoms. The van der Waals surface area contributed by atoms with Crippen molar-refractivity contribution in [1.82, 2.24) is 5.32 Å². The zero-order valence-corrected chi connectivity index (χ0v) is 10.8. The monoisotopic (exact) mass is 249 g/mol. The molecule has 0 radical (unpaired) electrons. The van der Waals surface area contributed by atoms with Gasteiger partial charge in [-0.1, -0.05) is 25.5 Å². The Balaban J connectivity index is 2.28. The molecule has 0 amide bonds. The predicted octanol–water partition coefficient (Wildman–Crippen LogP) is 3.18. The van der Waals surface area contributed by atoms with Crippen LogP contribution in [0.5, 0.6) is 0 Å². The molecule has 1 atom stereocenters. The van der Waals surface area contributed by atoms with Crippen LogP contribution in [0.1, 0.15) is 43.0 Å². The van der Waals surface area contributed by atoms with Gasteiger partial charge in [0.1, 0.15) is 5.82 Å². The molecule has 2 rings (SSSR count). The fourth-order valence-electron chi connectivity index (χ4n) is 2.90. The van der Waals surface area contributed by atoms with E-state index in [1.165, 1.54) is 12.1 Å². The van der Waals surface area contributed by atoms with E-state index in [2.05, 4.69) is 12.2 Å². The summed E-state index contributed by atoms with van der Waals surface area (Å²) >= 11 is 0. The van der Waals surface area contributed by atoms with Gasteiger partial charge in [0.05, 0.1) is 0 Å². The van der Waals surface area contributed by atoms with Gasteiger partial charge < -0.3 is 5.32 Å². The highest BCUT2D eigenvalue weighted by atomic mass is 19.1. The second-order valence-corrected chi connectivity index (χ2v) is 5.15. The average Bonchev–Trinajstić information content (AvgIpc) is 2.39. The largest absolute Gasteiger partial charge is 0.316 e. The van der Waals surface area contributed by atoms with Gasteiger partial charge in [0, 0.05) is 17.5 Å². The number of benzene rings is 1. The van der Waals surface area contributed by atoms with Crippen molar-refractivity contribution in [3.8, 4) is 0 Å². The first-order chi connectivity index (χ1) is 8.68. The third kappa shape index (κ3) is 2.61. The van der Waals surface area contributed by atoms with Gasteiger partial charge in [0.25, 0.3) is 0 Å². The first-order valence-electron chi connectivity index (χ1n) is 6.69. The summed E-state index contributed by atoms with van der Waals surface area (Å²) in [4.78, 5) is 12.7. The van der Waals surface area contributed by atoms with Crippen molar-refractivity contribution in [3.05, 3.63) is 35.6 Å². The van der Waals surface area contributed by atoms with Crippen molar-refractivity contribution in [2.75, 3.05) is 13.1 Å². The number of halogens is 1. The van der Waals surface area contributed by atoms with E-state index in [1.54, 1.807) is 12.1 Å². The molecule has 1 aromatic rings. The highest BCUT2D eigenvalue weighted by molar-refractivity contribution is 6.00. The van der Waals surface area contributed by atoms with E-state index in [0.717, 1.165) is 38.8 Å². The van der Waals surface area contributed by atoms with Crippen LogP contribution in [0.25, 0.3) is 0 Å². The molecule has 1 N–H and O–H groups in total. The minimum Gasteiger partial charge on any atom is -0.316 e. The number of nitrogens with one attached hydrogen (secondary N) is 1. The molecule has 1 fully saturated rings. The normalized spacial score (nSPS) is 23.9. The third-order valence-electron chi connectivity index (χ3n) is 3.77. The lowest BCUT2D eigenvalue weighted by molar-refractivity contribution is 0.0717. The number of carbonyl (C=O) groups is 1. The molecule has 0 spiro atoms. The quantitative estimate of drug-likeness (QED) is 0.830. The summed E-state index contributed by atoms with van der Waals surface area (Å²) in [5.74, 6) is -0.243. The highest BCUT2D eigenvalue weighted by Gasteiger charge is 2.38. The summed E-state index contributed by atoms with van der Waals surface area (Å²) in [7, 11) is 0. The molecule has 0 aliphatic carbocycles. The molecule has 1 unspecified atom stereocenters. The molecular weight excluding hydrogens is 229 g/mol. The maximum absolute atomic E-state index is 13.2. The smallest absolute Gasteiger partial charge is 0.170 e. The average molecular weight is 249 g/mol. The number of rotatable bonds is 4. The van der Waals surface area contributed by atoms with Crippen molar-refractivity contribution in [1.29, 1.82) is 0 Å². The maximum Gasteiger partial charge on any atom is 0.170 e. The van der Waals surface area contributed by atoms with E-state index in [1.807, 2.05) is 0 Å². The Kier molecular flexibility index (Phi) is 4.12. The lowest BCUT2D eigenvalue weighted by Crippen LogP contribution is -2.45. The number of Topliss-reactive ketones (excluding diaryl/α,β-unsaturated/α-hetero) is 1. The van der Waals surface area contributed by atoms with Gasteiger partial charge in [-0.3, -0.25) is 4.79 Å². The van der Waals surface area contributed by atoms with Crippen LogP contribution in [-0.2, 0) is 0 Å². The van der Waals surface area contributed by atoms with Gasteiger partial charge >= 0.3 is 0 Å². The minimum absolute atomic E-state index is 0.0936. The van der Waals surface area contributed by atoms with E-state index in [0.29, 0.717) is 5.56 Å². The Labute approximate surface area is 108 Å². The van der Waals surface area contributed by atoms with Crippen molar-refractivity contribution in [3.63, 3.8) is 0 Å². The van der Waals surface area contributed by atoms with E-state index in [4.69, 9.17) is 0 Å². The number of ketones is 1. The van der Waals surface area contributed by atoms with Gasteiger partial charge in [-0.2, -0.15) is 0 Å². The molecule has 1 aliphatic rings. The van der Waals surface area contributed by atoms with Crippen LogP contribution in [-0.4, -0.2) is 18.9 Å². The summed E-state index contributed by atoms with van der Waals surface area (Å²) in [5.41, 5.74) is 0.174. The Morgan fingerprint density at radius 3 is 2.94 bits per heavy atom. The summed E-state index contributed by atoms with van der Waals surface area (Å²) in [6, 6.07) is 6.06. The van der Waals surface area contributed by atoms with Crippen molar-refractivity contribution in [2.45, 2.75) is 32.6 Å². The Morgan fingerprint density at radius 1 is 1.50 bits per heavy atom. The Morgan fingerprint density at radius 2 is 2.33 bits per heavy atom. The summed E-state index contributed by atoms with van der Waals surface area (Å²) in [6.45, 7) is 3.79. The van der Waals surface area contributed by atoms with Crippen LogP contribution in [0.3, 0.4) is 0 Å². The molecule has 1 aromatic carbocycles. The van der Waals surface area contributed by atoms with Crippen LogP contribution in [0, 0.1) is 11.2 Å². The second-order valence-electron chi connectivity index (χ2n) is 5.15. The van der Waals surface area contributed by atoms with Crippen molar-refractivity contribution >= 4 is 5.78 Å². The van der Waals surface area contributed by atoms with Gasteiger partial charge in [0.2, 0.25) is 0 Å². The van der Waals surface area contributed by atoms with E-state index in [-0.39, 0.29) is 17.0 Å². The van der Waals surface area contributed by atoms with Crippen molar-refractivity contribution < 1.29 is 9.18 Å². The van der Waals surface area contributed by atoms with Gasteiger partial charge in [-0.25, -0.2) is 4.39 Å². The first kappa shape index (κ1) is 13.2. The Bertz CT molecular complexity index is 419. The molecule has 2 nitrogen and oxygen atoms in total. The van der Waals surface area contributed by atoms with Crippen LogP contribution in [0.2, 0.25) is 0 Å². The standard InChI is InChI=1S/C15H20FNO/c1-2-7-15(8-4-9-17-11-15)14(18)12-5-3-6-13(16)10-12/h3,5-6,10,17H,2,4,7-9,11H2,1H3. The number of piperidine rings is 1. The summed E-state index contributed by atoms with van der Waals surface area (Å²) in [6.07, 6.45) is 3.77. The number of hydrogen-bond acceptors (Lipinski definition) is 2. The van der Waals surface area contributed by atoms with Crippen LogP contribution in [0.15, 0.2) is 24.3 Å². The Hall–Kier alpha value is -1.22. The summed E-state index contributed by atoms with van der Waals surface area (Å²) in [5, 5.41) is 3.31. The van der Waals surface area contributed by atoms with Gasteiger partial charge in [-0.05, 0) is 37.9 Å². The number of hydrogen-bond donors (Lipinski definition) is 1. The van der Waals surface area contributed by atoms with Crippen LogP contribution < -0.4 is 5.32 Å². The molecular formula is C15H20FNO. The van der Waals surface area contributed by atoms with E-state index >= 15 is 0 Å². The molecule has 0 saturated carbocycles. The van der Waals surface area contributed by atoms with Gasteiger partial charge in [0.15, 0.2) is 5.78 Å². The number of carbonyl (C=O) groups excluding carboxylic acids is 1. The zero-order valence-electron chi connectivity index (χ0n) is 10.8. The molecule has 1 saturated heterocycles. The molecule has 0 aromatic heterocycles. The van der Waals surface area contributed by atoms with Gasteiger partial charge in [-0.15, -0.1) is 0 Å². The molecule has 0 bridgehead atoms. The SMILES string of the molecule is CCCC1(C(=O)c2cccc(F)c2)CCCNC1. The molecule has 98 valence electrons. The lowest BCUT2D eigenvalue weighted by Gasteiger charge is -2.36. The van der Waals surface area contributed by atoms with Crippen LogP contribution in [0.4, 0.5) is 4.39 Å². The molecule has 1 aliphatic heterocycles. The van der Waals surface area contributed by atoms with E-state index in [9.17, 15) is 9.18 Å². The maximum atomic E-state index is 13.2. The zero-order chi connectivity index (χ0) is 13.0. The van der Waals surface area contributed by atoms with E-state index < -0.39 is 0 Å². The first-order valence-corrected chi connectivity index (χ1v) is 6.69. The molecule has 3 heteroatoms. The van der Waals surface area contributed by atoms with Crippen LogP contribution >= 0.6 is 0 Å². The predicted molar refractivity (Wildman–Crippen MR) is 70.2 cm³/mol. The second kappa shape index (κ2) is 5.61. The topological polar surface area (TPSA) is 29.1 Å². The minimum atomic E-state index is -0.337. The lowest BCUT2D eigenvalue weighted by atomic mass is 9.71. The third-order valence-corrected chi connectivity index (χ3v) is 3.77. The molecule has 1 heterocycles. The summed E-state index contributed by atoms with van der Waals surface area (Å²) < 4.78 is 13.2. The highest BCUT2D eigenvalue weighted by Crippen LogP contribution is 2.35. The fourth-order valence-corrected chi connectivity index (χ4v) is 2.90.